The second-order valence-electron chi connectivity index (χ2n) is 5.92. The molecule has 0 spiro atoms. The molecule has 114 valence electrons. The SMILES string of the molecule is CC(C)CC(N)C(CO)N1CCCC(C(F)(F)F)C1. The molecule has 0 aromatic carbocycles. The molecule has 0 radical (unpaired) electrons. The van der Waals surface area contributed by atoms with Crippen molar-refractivity contribution in [2.75, 3.05) is 19.7 Å². The fraction of sp³-hybridized carbons (Fsp3) is 1.00. The summed E-state index contributed by atoms with van der Waals surface area (Å²) in [4.78, 5) is 1.72. The van der Waals surface area contributed by atoms with Crippen molar-refractivity contribution in [1.29, 1.82) is 0 Å². The highest BCUT2D eigenvalue weighted by molar-refractivity contribution is 4.87. The van der Waals surface area contributed by atoms with Crippen molar-refractivity contribution in [3.63, 3.8) is 0 Å². The number of hydrogen-bond acceptors (Lipinski definition) is 3. The number of piperidine rings is 1. The summed E-state index contributed by atoms with van der Waals surface area (Å²) in [6, 6.07) is -0.649. The van der Waals surface area contributed by atoms with E-state index in [1.807, 2.05) is 13.8 Å². The number of aliphatic hydroxyl groups is 1. The molecular formula is C13H25F3N2O. The number of rotatable bonds is 5. The minimum atomic E-state index is -4.15. The van der Waals surface area contributed by atoms with Crippen LogP contribution in [0.25, 0.3) is 0 Å². The minimum absolute atomic E-state index is 0.0411. The van der Waals surface area contributed by atoms with Gasteiger partial charge in [-0.2, -0.15) is 13.2 Å². The van der Waals surface area contributed by atoms with Crippen LogP contribution >= 0.6 is 0 Å². The largest absolute Gasteiger partial charge is 0.395 e. The number of nitrogens with zero attached hydrogens (tertiary/aromatic N) is 1. The Bertz CT molecular complexity index is 271. The Labute approximate surface area is 113 Å². The third-order valence-electron chi connectivity index (χ3n) is 3.81. The molecule has 1 saturated heterocycles. The molecule has 3 atom stereocenters. The summed E-state index contributed by atoms with van der Waals surface area (Å²) < 4.78 is 38.3. The van der Waals surface area contributed by atoms with Gasteiger partial charge >= 0.3 is 6.18 Å². The zero-order valence-corrected chi connectivity index (χ0v) is 11.7. The number of halogens is 3. The average molecular weight is 282 g/mol. The number of hydrogen-bond donors (Lipinski definition) is 2. The fourth-order valence-electron chi connectivity index (χ4n) is 2.80. The Balaban J connectivity index is 2.65. The van der Waals surface area contributed by atoms with Gasteiger partial charge in [0, 0.05) is 18.6 Å². The number of likely N-dealkylation sites (tertiary alicyclic amines) is 1. The highest BCUT2D eigenvalue weighted by atomic mass is 19.4. The van der Waals surface area contributed by atoms with Gasteiger partial charge in [0.1, 0.15) is 0 Å². The highest BCUT2D eigenvalue weighted by Gasteiger charge is 2.43. The van der Waals surface area contributed by atoms with Gasteiger partial charge in [-0.05, 0) is 31.7 Å². The molecule has 0 aromatic rings. The Kier molecular flexibility index (Phi) is 6.08. The van der Waals surface area contributed by atoms with E-state index in [1.165, 1.54) is 0 Å². The monoisotopic (exact) mass is 282 g/mol. The van der Waals surface area contributed by atoms with Crippen molar-refractivity contribution in [1.82, 2.24) is 4.90 Å². The maximum absolute atomic E-state index is 12.8. The van der Waals surface area contributed by atoms with Gasteiger partial charge in [0.15, 0.2) is 0 Å². The molecule has 0 aliphatic carbocycles. The van der Waals surface area contributed by atoms with Crippen molar-refractivity contribution < 1.29 is 18.3 Å². The Morgan fingerprint density at radius 3 is 2.47 bits per heavy atom. The van der Waals surface area contributed by atoms with Crippen LogP contribution in [0.5, 0.6) is 0 Å². The first-order valence-corrected chi connectivity index (χ1v) is 6.93. The lowest BCUT2D eigenvalue weighted by molar-refractivity contribution is -0.189. The molecule has 0 saturated carbocycles. The summed E-state index contributed by atoms with van der Waals surface area (Å²) in [7, 11) is 0. The van der Waals surface area contributed by atoms with E-state index in [9.17, 15) is 18.3 Å². The van der Waals surface area contributed by atoms with Gasteiger partial charge in [-0.25, -0.2) is 0 Å². The smallest absolute Gasteiger partial charge is 0.393 e. The maximum Gasteiger partial charge on any atom is 0.393 e. The predicted octanol–water partition coefficient (Wildman–Crippen LogP) is 1.99. The quantitative estimate of drug-likeness (QED) is 0.811. The van der Waals surface area contributed by atoms with Crippen molar-refractivity contribution in [3.8, 4) is 0 Å². The van der Waals surface area contributed by atoms with Crippen LogP contribution in [0.1, 0.15) is 33.1 Å². The first-order valence-electron chi connectivity index (χ1n) is 6.93. The van der Waals surface area contributed by atoms with Crippen LogP contribution in [0, 0.1) is 11.8 Å². The van der Waals surface area contributed by atoms with E-state index in [0.29, 0.717) is 25.3 Å². The minimum Gasteiger partial charge on any atom is -0.395 e. The molecule has 1 rings (SSSR count). The van der Waals surface area contributed by atoms with Crippen LogP contribution in [0.4, 0.5) is 13.2 Å². The standard InChI is InChI=1S/C13H25F3N2O/c1-9(2)6-11(17)12(8-19)18-5-3-4-10(7-18)13(14,15)16/h9-12,19H,3-8,17H2,1-2H3. The molecule has 3 N–H and O–H groups in total. The molecule has 1 aliphatic heterocycles. The summed E-state index contributed by atoms with van der Waals surface area (Å²) in [5, 5.41) is 9.45. The molecular weight excluding hydrogens is 257 g/mol. The predicted molar refractivity (Wildman–Crippen MR) is 68.7 cm³/mol. The van der Waals surface area contributed by atoms with E-state index in [0.717, 1.165) is 0 Å². The lowest BCUT2D eigenvalue weighted by Crippen LogP contribution is -2.55. The second-order valence-corrected chi connectivity index (χ2v) is 5.92. The van der Waals surface area contributed by atoms with Crippen LogP contribution in [-0.2, 0) is 0 Å². The lowest BCUT2D eigenvalue weighted by atomic mass is 9.92. The normalized spacial score (nSPS) is 25.6. The molecule has 0 aromatic heterocycles. The van der Waals surface area contributed by atoms with Gasteiger partial charge in [0.05, 0.1) is 12.5 Å². The second kappa shape index (κ2) is 6.90. The van der Waals surface area contributed by atoms with Crippen LogP contribution in [0.2, 0.25) is 0 Å². The third-order valence-corrected chi connectivity index (χ3v) is 3.81. The molecule has 1 aliphatic rings. The molecule has 6 heteroatoms. The van der Waals surface area contributed by atoms with Crippen molar-refractivity contribution in [3.05, 3.63) is 0 Å². The zero-order chi connectivity index (χ0) is 14.6. The zero-order valence-electron chi connectivity index (χ0n) is 11.7. The molecule has 1 fully saturated rings. The summed E-state index contributed by atoms with van der Waals surface area (Å²) in [5.41, 5.74) is 6.03. The van der Waals surface area contributed by atoms with E-state index in [4.69, 9.17) is 5.73 Å². The van der Waals surface area contributed by atoms with Crippen LogP contribution in [0.15, 0.2) is 0 Å². The van der Waals surface area contributed by atoms with Gasteiger partial charge in [0.2, 0.25) is 0 Å². The van der Waals surface area contributed by atoms with Crippen molar-refractivity contribution >= 4 is 0 Å². The Morgan fingerprint density at radius 1 is 1.37 bits per heavy atom. The van der Waals surface area contributed by atoms with Crippen molar-refractivity contribution in [2.24, 2.45) is 17.6 Å². The molecule has 3 nitrogen and oxygen atoms in total. The maximum atomic E-state index is 12.8. The number of nitrogens with two attached hydrogens (primary N) is 1. The lowest BCUT2D eigenvalue weighted by Gasteiger charge is -2.40. The van der Waals surface area contributed by atoms with E-state index < -0.39 is 12.1 Å². The number of alkyl halides is 3. The van der Waals surface area contributed by atoms with E-state index in [-0.39, 0.29) is 31.7 Å². The molecule has 1 heterocycles. The third kappa shape index (κ3) is 4.93. The van der Waals surface area contributed by atoms with Gasteiger partial charge in [0.25, 0.3) is 0 Å². The van der Waals surface area contributed by atoms with Crippen LogP contribution in [0.3, 0.4) is 0 Å². The van der Waals surface area contributed by atoms with Gasteiger partial charge in [-0.15, -0.1) is 0 Å². The fourth-order valence-corrected chi connectivity index (χ4v) is 2.80. The van der Waals surface area contributed by atoms with E-state index in [2.05, 4.69) is 0 Å². The first kappa shape index (κ1) is 16.7. The summed E-state index contributed by atoms with van der Waals surface area (Å²) in [5.74, 6) is -0.922. The molecule has 0 amide bonds. The summed E-state index contributed by atoms with van der Waals surface area (Å²) in [6.45, 7) is 4.40. The van der Waals surface area contributed by atoms with E-state index >= 15 is 0 Å². The first-order chi connectivity index (χ1) is 8.75. The molecule has 3 unspecified atom stereocenters. The summed E-state index contributed by atoms with van der Waals surface area (Å²) >= 11 is 0. The van der Waals surface area contributed by atoms with Gasteiger partial charge in [-0.1, -0.05) is 13.8 Å². The van der Waals surface area contributed by atoms with Gasteiger partial charge in [-0.3, -0.25) is 4.90 Å². The van der Waals surface area contributed by atoms with Crippen LogP contribution in [-0.4, -0.2) is 48.0 Å². The topological polar surface area (TPSA) is 49.5 Å². The Morgan fingerprint density at radius 2 is 2.00 bits per heavy atom. The number of aliphatic hydroxyl groups excluding tert-OH is 1. The highest BCUT2D eigenvalue weighted by Crippen LogP contribution is 2.34. The Hall–Kier alpha value is -0.330. The van der Waals surface area contributed by atoms with Crippen molar-refractivity contribution in [2.45, 2.75) is 51.4 Å². The van der Waals surface area contributed by atoms with E-state index in [1.54, 1.807) is 4.90 Å². The molecule has 0 bridgehead atoms. The van der Waals surface area contributed by atoms with Gasteiger partial charge < -0.3 is 10.8 Å². The van der Waals surface area contributed by atoms with Crippen LogP contribution < -0.4 is 5.73 Å². The average Bonchev–Trinajstić information content (AvgIpc) is 2.28. The summed E-state index contributed by atoms with van der Waals surface area (Å²) in [6.07, 6.45) is -2.76. The molecule has 19 heavy (non-hydrogen) atoms.